The van der Waals surface area contributed by atoms with E-state index in [9.17, 15) is 14.4 Å². The Morgan fingerprint density at radius 3 is 2.70 bits per heavy atom. The third-order valence-electron chi connectivity index (χ3n) is 2.84. The number of hydrogen-bond acceptors (Lipinski definition) is 5. The zero-order valence-electron chi connectivity index (χ0n) is 12.3. The summed E-state index contributed by atoms with van der Waals surface area (Å²) in [6.07, 6.45) is 2.27. The Morgan fingerprint density at radius 1 is 1.22 bits per heavy atom. The first-order valence-electron chi connectivity index (χ1n) is 6.62. The van der Waals surface area contributed by atoms with E-state index in [1.54, 1.807) is 18.3 Å². The number of aromatic amines is 1. The molecule has 3 N–H and O–H groups in total. The van der Waals surface area contributed by atoms with E-state index in [4.69, 9.17) is 9.47 Å². The molecule has 0 saturated heterocycles. The Hall–Kier alpha value is -3.29. The molecule has 0 spiro atoms. The van der Waals surface area contributed by atoms with Crippen molar-refractivity contribution in [1.29, 1.82) is 0 Å². The first-order chi connectivity index (χ1) is 11.1. The van der Waals surface area contributed by atoms with E-state index in [1.807, 2.05) is 0 Å². The van der Waals surface area contributed by atoms with Crippen LogP contribution in [-0.2, 0) is 4.79 Å². The van der Waals surface area contributed by atoms with Gasteiger partial charge in [0.05, 0.1) is 7.11 Å². The van der Waals surface area contributed by atoms with Crippen molar-refractivity contribution >= 4 is 18.1 Å². The highest BCUT2D eigenvalue weighted by Gasteiger charge is 2.10. The van der Waals surface area contributed by atoms with Crippen LogP contribution in [0.15, 0.2) is 36.5 Å². The number of nitrogens with one attached hydrogen (secondary N) is 3. The molecule has 120 valence electrons. The molecule has 0 radical (unpaired) electrons. The van der Waals surface area contributed by atoms with Crippen molar-refractivity contribution in [3.05, 3.63) is 47.8 Å². The van der Waals surface area contributed by atoms with E-state index in [-0.39, 0.29) is 6.61 Å². The first kappa shape index (κ1) is 16.1. The lowest BCUT2D eigenvalue weighted by molar-refractivity contribution is -0.123. The monoisotopic (exact) mass is 317 g/mol. The van der Waals surface area contributed by atoms with Crippen LogP contribution in [0.2, 0.25) is 0 Å². The maximum Gasteiger partial charge on any atom is 0.286 e. The van der Waals surface area contributed by atoms with Gasteiger partial charge < -0.3 is 14.5 Å². The van der Waals surface area contributed by atoms with Gasteiger partial charge in [-0.1, -0.05) is 0 Å². The summed E-state index contributed by atoms with van der Waals surface area (Å²) in [6, 6.07) is 7.78. The number of amides is 2. The van der Waals surface area contributed by atoms with Gasteiger partial charge in [0.25, 0.3) is 11.8 Å². The summed E-state index contributed by atoms with van der Waals surface area (Å²) in [4.78, 5) is 36.7. The second-order valence-electron chi connectivity index (χ2n) is 4.40. The molecule has 0 aliphatic heterocycles. The summed E-state index contributed by atoms with van der Waals surface area (Å²) in [5, 5.41) is 0. The van der Waals surface area contributed by atoms with Gasteiger partial charge >= 0.3 is 0 Å². The molecule has 8 heteroatoms. The van der Waals surface area contributed by atoms with Crippen molar-refractivity contribution in [2.75, 3.05) is 13.7 Å². The molecule has 8 nitrogen and oxygen atoms in total. The molecule has 0 aliphatic rings. The maximum atomic E-state index is 11.7. The van der Waals surface area contributed by atoms with Gasteiger partial charge in [-0.2, -0.15) is 0 Å². The number of aromatic nitrogens is 1. The molecule has 23 heavy (non-hydrogen) atoms. The predicted octanol–water partition coefficient (Wildman–Crippen LogP) is 0.676. The lowest BCUT2D eigenvalue weighted by atomic mass is 10.2. The highest BCUT2D eigenvalue weighted by Crippen LogP contribution is 2.27. The van der Waals surface area contributed by atoms with Crippen molar-refractivity contribution in [1.82, 2.24) is 15.8 Å². The van der Waals surface area contributed by atoms with Crippen LogP contribution in [0, 0.1) is 0 Å². The van der Waals surface area contributed by atoms with E-state index in [0.717, 1.165) is 0 Å². The molecule has 2 amide bonds. The summed E-state index contributed by atoms with van der Waals surface area (Å²) < 4.78 is 10.4. The van der Waals surface area contributed by atoms with E-state index in [0.29, 0.717) is 29.0 Å². The summed E-state index contributed by atoms with van der Waals surface area (Å²) in [5.74, 6) is -0.385. The van der Waals surface area contributed by atoms with Gasteiger partial charge in [0.2, 0.25) is 0 Å². The smallest absolute Gasteiger partial charge is 0.286 e. The minimum Gasteiger partial charge on any atom is -0.493 e. The van der Waals surface area contributed by atoms with Gasteiger partial charge in [0, 0.05) is 11.8 Å². The molecule has 1 aromatic heterocycles. The molecule has 0 fully saturated rings. The van der Waals surface area contributed by atoms with Gasteiger partial charge in [-0.15, -0.1) is 0 Å². The normalized spacial score (nSPS) is 9.78. The minimum atomic E-state index is -0.550. The third-order valence-corrected chi connectivity index (χ3v) is 2.84. The number of methoxy groups -OCH3 is 1. The van der Waals surface area contributed by atoms with Gasteiger partial charge in [0.1, 0.15) is 12.0 Å². The molecule has 2 rings (SSSR count). The van der Waals surface area contributed by atoms with Gasteiger partial charge in [-0.3, -0.25) is 25.2 Å². The van der Waals surface area contributed by atoms with Crippen molar-refractivity contribution in [3.63, 3.8) is 0 Å². The Kier molecular flexibility index (Phi) is 5.35. The maximum absolute atomic E-state index is 11.7. The van der Waals surface area contributed by atoms with Gasteiger partial charge in [0.15, 0.2) is 18.1 Å². The molecule has 1 aromatic carbocycles. The van der Waals surface area contributed by atoms with E-state index in [1.165, 1.54) is 25.3 Å². The van der Waals surface area contributed by atoms with Crippen LogP contribution in [0.25, 0.3) is 0 Å². The van der Waals surface area contributed by atoms with Crippen molar-refractivity contribution in [2.45, 2.75) is 0 Å². The fourth-order valence-electron chi connectivity index (χ4n) is 1.72. The summed E-state index contributed by atoms with van der Waals surface area (Å²) in [7, 11) is 1.42. The lowest BCUT2D eigenvalue weighted by Gasteiger charge is -2.11. The number of ether oxygens (including phenoxy) is 2. The average Bonchev–Trinajstić information content (AvgIpc) is 3.12. The third kappa shape index (κ3) is 4.34. The molecular weight excluding hydrogens is 302 g/mol. The van der Waals surface area contributed by atoms with Crippen LogP contribution < -0.4 is 20.3 Å². The van der Waals surface area contributed by atoms with E-state index in [2.05, 4.69) is 15.8 Å². The zero-order valence-corrected chi connectivity index (χ0v) is 12.3. The number of benzene rings is 1. The fourth-order valence-corrected chi connectivity index (χ4v) is 1.72. The van der Waals surface area contributed by atoms with E-state index >= 15 is 0 Å². The number of hydrogen-bond donors (Lipinski definition) is 3. The topological polar surface area (TPSA) is 110 Å². The van der Waals surface area contributed by atoms with Gasteiger partial charge in [-0.05, 0) is 30.3 Å². The Morgan fingerprint density at radius 2 is 2.04 bits per heavy atom. The van der Waals surface area contributed by atoms with Crippen molar-refractivity contribution in [2.24, 2.45) is 0 Å². The predicted molar refractivity (Wildman–Crippen MR) is 80.3 cm³/mol. The van der Waals surface area contributed by atoms with Crippen LogP contribution >= 0.6 is 0 Å². The number of carbonyl (C=O) groups excluding carboxylic acids is 3. The second kappa shape index (κ2) is 7.64. The quantitative estimate of drug-likeness (QED) is 0.536. The van der Waals surface area contributed by atoms with Crippen molar-refractivity contribution in [3.8, 4) is 11.5 Å². The summed E-state index contributed by atoms with van der Waals surface area (Å²) in [6.45, 7) is -0.332. The molecular formula is C15H15N3O5. The summed E-state index contributed by atoms with van der Waals surface area (Å²) in [5.41, 5.74) is 5.21. The van der Waals surface area contributed by atoms with E-state index < -0.39 is 11.8 Å². The number of carbonyl (C=O) groups is 3. The number of hydrazine groups is 1. The number of rotatable bonds is 6. The highest BCUT2D eigenvalue weighted by molar-refractivity contribution is 5.93. The molecule has 0 atom stereocenters. The highest BCUT2D eigenvalue weighted by atomic mass is 16.5. The molecule has 2 aromatic rings. The molecule has 0 aliphatic carbocycles. The Bertz CT molecular complexity index is 697. The Labute approximate surface area is 131 Å². The van der Waals surface area contributed by atoms with Crippen LogP contribution in [-0.4, -0.2) is 36.8 Å². The zero-order chi connectivity index (χ0) is 16.7. The lowest BCUT2D eigenvalue weighted by Crippen LogP contribution is -2.43. The van der Waals surface area contributed by atoms with Crippen molar-refractivity contribution < 1.29 is 23.9 Å². The second-order valence-corrected chi connectivity index (χ2v) is 4.40. The minimum absolute atomic E-state index is 0.309. The van der Waals surface area contributed by atoms with Gasteiger partial charge in [-0.25, -0.2) is 0 Å². The van der Waals surface area contributed by atoms with Crippen LogP contribution in [0.4, 0.5) is 0 Å². The molecule has 0 saturated carbocycles. The van der Waals surface area contributed by atoms with Crippen LogP contribution in [0.3, 0.4) is 0 Å². The summed E-state index contributed by atoms with van der Waals surface area (Å²) >= 11 is 0. The van der Waals surface area contributed by atoms with Crippen LogP contribution in [0.5, 0.6) is 11.5 Å². The van der Waals surface area contributed by atoms with Crippen LogP contribution in [0.1, 0.15) is 20.8 Å². The molecule has 0 bridgehead atoms. The first-order valence-corrected chi connectivity index (χ1v) is 6.62. The molecule has 1 heterocycles. The fraction of sp³-hybridized carbons (Fsp3) is 0.133. The number of aldehydes is 1. The average molecular weight is 317 g/mol. The Balaban J connectivity index is 1.84. The molecule has 0 unspecified atom stereocenters. The number of H-pyrrole nitrogens is 1. The largest absolute Gasteiger partial charge is 0.493 e. The standard InChI is InChI=1S/C15H15N3O5/c1-22-13-7-10(8-19)4-5-12(13)23-9-14(20)17-18-15(21)11-3-2-6-16-11/h2-8,16H,9H2,1H3,(H,17,20)(H,18,21). The SMILES string of the molecule is COc1cc(C=O)ccc1OCC(=O)NNC(=O)c1ccc[nH]1.